The van der Waals surface area contributed by atoms with Crippen molar-refractivity contribution in [2.45, 2.75) is 0 Å². The zero-order valence-electron chi connectivity index (χ0n) is 6.90. The molecule has 0 atom stereocenters. The predicted octanol–water partition coefficient (Wildman–Crippen LogP) is -9.35. The maximum absolute atomic E-state index is 4.93. The quantitative estimate of drug-likeness (QED) is 0.0760. The van der Waals surface area contributed by atoms with Crippen LogP contribution in [0.5, 0.6) is 0 Å². The summed E-state index contributed by atoms with van der Waals surface area (Å²) in [6.45, 7) is 0. The Morgan fingerprint density at radius 1 is 1.00 bits per heavy atom. The van der Waals surface area contributed by atoms with E-state index in [-0.39, 0.29) is 0 Å². The molecule has 0 aliphatic carbocycles. The van der Waals surface area contributed by atoms with Crippen molar-refractivity contribution in [2.75, 3.05) is 0 Å². The SMILES string of the molecule is NNNNNNN1NNNNNN[I-]1. The first-order valence-corrected chi connectivity index (χ1v) is 5.39. The van der Waals surface area contributed by atoms with Crippen molar-refractivity contribution in [1.82, 2.24) is 62.3 Å². The summed E-state index contributed by atoms with van der Waals surface area (Å²) in [5, 5.41) is 0. The van der Waals surface area contributed by atoms with Crippen LogP contribution in [-0.2, 0) is 0 Å². The van der Waals surface area contributed by atoms with E-state index in [4.69, 9.17) is 5.84 Å². The van der Waals surface area contributed by atoms with Crippen LogP contribution >= 0.6 is 0 Å². The van der Waals surface area contributed by atoms with Crippen molar-refractivity contribution >= 4 is 0 Å². The fourth-order valence-corrected chi connectivity index (χ4v) is 1.42. The normalized spacial score (nSPS) is 20.9. The van der Waals surface area contributed by atoms with Gasteiger partial charge in [-0.25, -0.2) is 0 Å². The summed E-state index contributed by atoms with van der Waals surface area (Å²) in [6, 6.07) is 0. The molecule has 13 nitrogen and oxygen atoms in total. The van der Waals surface area contributed by atoms with Crippen LogP contribution < -0.4 is 86.6 Å². The van der Waals surface area contributed by atoms with Gasteiger partial charge in [0.25, 0.3) is 0 Å². The minimum absolute atomic E-state index is 0.516. The summed E-state index contributed by atoms with van der Waals surface area (Å²) in [5.74, 6) is 4.93. The van der Waals surface area contributed by atoms with E-state index >= 15 is 0 Å². The van der Waals surface area contributed by atoms with E-state index in [1.54, 1.807) is 3.33 Å². The van der Waals surface area contributed by atoms with Crippen LogP contribution in [0.25, 0.3) is 0 Å². The molecule has 1 fully saturated rings. The topological polar surface area (TPSA) is 162 Å². The van der Waals surface area contributed by atoms with Gasteiger partial charge in [0, 0.05) is 0 Å². The molecule has 14 heteroatoms. The van der Waals surface area contributed by atoms with E-state index in [0.29, 0.717) is 0 Å². The summed E-state index contributed by atoms with van der Waals surface area (Å²) in [4.78, 5) is 0. The molecule has 86 valence electrons. The number of hydrogen-bond acceptors (Lipinski definition) is 13. The molecule has 0 aromatic rings. The summed E-state index contributed by atoms with van der Waals surface area (Å²) in [7, 11) is 0. The summed E-state index contributed by atoms with van der Waals surface area (Å²) in [6.07, 6.45) is 0. The average molecular weight is 322 g/mol. The van der Waals surface area contributed by atoms with Gasteiger partial charge in [0.2, 0.25) is 0 Å². The molecule has 0 unspecified atom stereocenters. The number of hydrazine groups is 12. The fraction of sp³-hybridized carbons (Fsp3) is 0. The second kappa shape index (κ2) is 8.51. The predicted molar refractivity (Wildman–Crippen MR) is 40.5 cm³/mol. The van der Waals surface area contributed by atoms with Gasteiger partial charge in [-0.05, 0) is 0 Å². The zero-order chi connectivity index (χ0) is 10.1. The molecule has 1 saturated heterocycles. The monoisotopic (exact) mass is 322 g/mol. The van der Waals surface area contributed by atoms with Gasteiger partial charge in [-0.15, -0.1) is 0 Å². The van der Waals surface area contributed by atoms with Crippen LogP contribution in [0.1, 0.15) is 0 Å². The van der Waals surface area contributed by atoms with Gasteiger partial charge in [0.15, 0.2) is 0 Å². The van der Waals surface area contributed by atoms with Crippen LogP contribution in [0, 0.1) is 0 Å². The first-order valence-electron chi connectivity index (χ1n) is 3.34. The number of rotatable bonds is 5. The van der Waals surface area contributed by atoms with E-state index in [2.05, 4.69) is 59.0 Å². The van der Waals surface area contributed by atoms with Gasteiger partial charge >= 0.3 is 89.9 Å². The Hall–Kier alpha value is 0.210. The molecule has 1 rings (SSSR count). The first-order chi connectivity index (χ1) is 6.93. The Bertz CT molecular complexity index is 114. The third kappa shape index (κ3) is 5.84. The molecule has 0 radical (unpaired) electrons. The Balaban J connectivity index is 2.02. The molecule has 1 heterocycles. The Morgan fingerprint density at radius 2 is 1.86 bits per heavy atom. The van der Waals surface area contributed by atoms with E-state index < -0.39 is 21.8 Å². The second-order valence-electron chi connectivity index (χ2n) is 1.70. The van der Waals surface area contributed by atoms with E-state index in [1.807, 2.05) is 0 Å². The molecule has 1 aliphatic rings. The molecule has 14 heavy (non-hydrogen) atoms. The van der Waals surface area contributed by atoms with Crippen molar-refractivity contribution in [3.8, 4) is 0 Å². The molecule has 0 saturated carbocycles. The van der Waals surface area contributed by atoms with Crippen molar-refractivity contribution in [3.63, 3.8) is 0 Å². The van der Waals surface area contributed by atoms with Gasteiger partial charge in [0.1, 0.15) is 0 Å². The summed E-state index contributed by atoms with van der Waals surface area (Å²) in [5.41, 5.74) is 25.6. The van der Waals surface area contributed by atoms with Gasteiger partial charge in [0.05, 0.1) is 0 Å². The Kier molecular flexibility index (Phi) is 7.47. The minimum atomic E-state index is -0.516. The fourth-order valence-electron chi connectivity index (χ4n) is 0.441. The van der Waals surface area contributed by atoms with Crippen molar-refractivity contribution in [2.24, 2.45) is 5.84 Å². The number of hydrogen-bond donors (Lipinski definition) is 12. The molecular weight excluding hydrogens is 309 g/mol. The Morgan fingerprint density at radius 3 is 2.71 bits per heavy atom. The van der Waals surface area contributed by atoms with Gasteiger partial charge in [-0.1, -0.05) is 0 Å². The third-order valence-electron chi connectivity index (χ3n) is 0.867. The maximum atomic E-state index is 4.93. The van der Waals surface area contributed by atoms with Crippen LogP contribution in [0.2, 0.25) is 0 Å². The number of halogens is 1. The molecule has 0 bridgehead atoms. The van der Waals surface area contributed by atoms with Gasteiger partial charge < -0.3 is 0 Å². The molecule has 1 aliphatic heterocycles. The standard InChI is InChI=1S/H13IN13/c2-4-6-8-10-12-14-1-3-5-7-9-11-13-14/h3-13H,2H2/q-1. The van der Waals surface area contributed by atoms with Crippen molar-refractivity contribution in [1.29, 1.82) is 0 Å². The molecule has 0 amide bonds. The van der Waals surface area contributed by atoms with E-state index in [1.165, 1.54) is 0 Å². The molecule has 0 aromatic carbocycles. The van der Waals surface area contributed by atoms with Gasteiger partial charge in [-0.2, -0.15) is 0 Å². The summed E-state index contributed by atoms with van der Waals surface area (Å²) >= 11 is -0.516. The van der Waals surface area contributed by atoms with E-state index in [9.17, 15) is 0 Å². The van der Waals surface area contributed by atoms with Crippen LogP contribution in [0.3, 0.4) is 0 Å². The zero-order valence-corrected chi connectivity index (χ0v) is 9.06. The van der Waals surface area contributed by atoms with Crippen molar-refractivity contribution < 1.29 is 21.8 Å². The van der Waals surface area contributed by atoms with Crippen LogP contribution in [0.15, 0.2) is 0 Å². The van der Waals surface area contributed by atoms with Gasteiger partial charge in [-0.3, -0.25) is 0 Å². The van der Waals surface area contributed by atoms with Crippen LogP contribution in [-0.4, -0.2) is 3.33 Å². The second-order valence-corrected chi connectivity index (χ2v) is 3.69. The van der Waals surface area contributed by atoms with E-state index in [0.717, 1.165) is 0 Å². The van der Waals surface area contributed by atoms with Crippen molar-refractivity contribution in [3.05, 3.63) is 0 Å². The molecular formula is H13IN13-. The molecule has 0 aromatic heterocycles. The molecule has 0 spiro atoms. The Labute approximate surface area is 90.3 Å². The average Bonchev–Trinajstić information content (AvgIpc) is 2.15. The third-order valence-corrected chi connectivity index (χ3v) is 2.34. The summed E-state index contributed by atoms with van der Waals surface area (Å²) < 4.78 is 4.53. The first kappa shape index (κ1) is 12.3. The molecule has 13 N–H and O–H groups in total. The van der Waals surface area contributed by atoms with Crippen LogP contribution in [0.4, 0.5) is 0 Å². The number of nitrogens with one attached hydrogen (secondary N) is 11. The number of nitrogens with zero attached hydrogens (tertiary/aromatic N) is 1. The number of nitrogens with two attached hydrogens (primary N) is 1.